The Morgan fingerprint density at radius 1 is 0.632 bits per heavy atom. The number of allylic oxidation sites excluding steroid dienone is 4. The maximum atomic E-state index is 10.5. The second-order valence-corrected chi connectivity index (χ2v) is 16.3. The number of aryl methyl sites for hydroxylation is 2. The standard InChI is InChI=1S/C23H35O5P.C23H34O5.H2/c24-21-16-22(25)20(19(21)10-6-1-2-7-11-23(26)27)15-14-18(28-29)13-12-17-8-4-3-5-9-17;24-18(13-12-17-8-4-3-5-9-17)14-15-20-19(21(25)16-22(20)26)10-6-1-2-7-11-23(27)28;/h1,3-6,8-9,18-22,24-25H,2,7,10-16,29H2,(H,26,27);1,3-6,8-9,18-22,24-26H,2,7,10-16H2,(H,27,28);1H/b2*6-1-;/t2*18-,19+,20+,21-,22+;/m00./s1/i;;1+2. The van der Waals surface area contributed by atoms with Crippen molar-refractivity contribution in [3.05, 3.63) is 96.1 Å². The summed E-state index contributed by atoms with van der Waals surface area (Å²) in [5.74, 6) is -1.47. The quantitative estimate of drug-likeness (QED) is 0.0298. The lowest BCUT2D eigenvalue weighted by Gasteiger charge is -2.24. The van der Waals surface area contributed by atoms with Gasteiger partial charge in [-0.3, -0.25) is 9.59 Å². The van der Waals surface area contributed by atoms with Gasteiger partial charge in [-0.25, -0.2) is 0 Å². The van der Waals surface area contributed by atoms with E-state index in [0.29, 0.717) is 64.2 Å². The Morgan fingerprint density at radius 2 is 1.05 bits per heavy atom. The Hall–Kier alpha value is -2.95. The Morgan fingerprint density at radius 3 is 1.49 bits per heavy atom. The molecule has 57 heavy (non-hydrogen) atoms. The van der Waals surface area contributed by atoms with Crippen LogP contribution in [0.3, 0.4) is 0 Å². The Balaban J connectivity index is 0.000000394. The lowest BCUT2D eigenvalue weighted by molar-refractivity contribution is -0.138. The number of benzene rings is 2. The molecule has 2 aromatic rings. The fraction of sp³-hybridized carbons (Fsp3) is 0.609. The fourth-order valence-corrected chi connectivity index (χ4v) is 8.71. The van der Waals surface area contributed by atoms with E-state index in [4.69, 9.17) is 14.7 Å². The van der Waals surface area contributed by atoms with Gasteiger partial charge in [-0.2, -0.15) is 0 Å². The van der Waals surface area contributed by atoms with E-state index in [1.54, 1.807) is 0 Å². The van der Waals surface area contributed by atoms with Gasteiger partial charge in [-0.1, -0.05) is 85.0 Å². The first kappa shape index (κ1) is 48.4. The van der Waals surface area contributed by atoms with Gasteiger partial charge in [0.05, 0.1) is 36.6 Å². The highest BCUT2D eigenvalue weighted by molar-refractivity contribution is 7.09. The second-order valence-electron chi connectivity index (χ2n) is 16.0. The minimum atomic E-state index is -0.784. The number of hydrogen-bond donors (Lipinski definition) is 7. The summed E-state index contributed by atoms with van der Waals surface area (Å²) in [4.78, 5) is 21.1. The first-order valence-corrected chi connectivity index (χ1v) is 21.5. The highest BCUT2D eigenvalue weighted by Crippen LogP contribution is 2.40. The summed E-state index contributed by atoms with van der Waals surface area (Å²) in [6, 6.07) is 20.4. The van der Waals surface area contributed by atoms with E-state index in [1.807, 2.05) is 60.7 Å². The summed E-state index contributed by atoms with van der Waals surface area (Å²) in [6.45, 7) is 0. The van der Waals surface area contributed by atoms with Crippen molar-refractivity contribution in [1.29, 1.82) is 0 Å². The van der Waals surface area contributed by atoms with Crippen LogP contribution in [0, 0.1) is 23.7 Å². The SMILES string of the molecule is O=C(O)CCC/C=C\C[C@@H]1[C@@H](CC[C@@H](O)CCc2ccccc2)[C@H](O)C[C@@H]1O.O=C(O)CCC/C=C\C[C@@H]1[C@@H](CC[C@H](CCc2ccccc2)OP)[C@H](O)C[C@@H]1O.[3HH]. The van der Waals surface area contributed by atoms with Crippen molar-refractivity contribution in [1.82, 2.24) is 0 Å². The highest BCUT2D eigenvalue weighted by Gasteiger charge is 2.41. The average molecular weight is 817 g/mol. The van der Waals surface area contributed by atoms with Crippen molar-refractivity contribution < 1.29 is 51.3 Å². The molecular weight excluding hydrogens is 743 g/mol. The van der Waals surface area contributed by atoms with E-state index in [2.05, 4.69) is 33.7 Å². The van der Waals surface area contributed by atoms with Gasteiger partial charge in [0, 0.05) is 23.7 Å². The van der Waals surface area contributed by atoms with E-state index < -0.39 is 42.5 Å². The third-order valence-corrected chi connectivity index (χ3v) is 12.2. The van der Waals surface area contributed by atoms with Crippen LogP contribution in [0.25, 0.3) is 0 Å². The van der Waals surface area contributed by atoms with Crippen LogP contribution in [0.1, 0.15) is 115 Å². The summed E-state index contributed by atoms with van der Waals surface area (Å²) < 4.78 is 5.58. The van der Waals surface area contributed by atoms with Crippen molar-refractivity contribution >= 4 is 21.4 Å². The van der Waals surface area contributed by atoms with Crippen LogP contribution in [0.2, 0.25) is 0 Å². The van der Waals surface area contributed by atoms with Crippen LogP contribution in [0.15, 0.2) is 85.0 Å². The lowest BCUT2D eigenvalue weighted by atomic mass is 9.85. The summed E-state index contributed by atoms with van der Waals surface area (Å²) >= 11 is 0. The first-order chi connectivity index (χ1) is 27.5. The molecule has 2 aliphatic rings. The molecule has 0 aliphatic heterocycles. The second kappa shape index (κ2) is 27.7. The molecule has 2 fully saturated rings. The minimum absolute atomic E-state index is 0. The van der Waals surface area contributed by atoms with Crippen LogP contribution in [-0.2, 0) is 27.0 Å². The number of carboxylic acid groups (broad SMARTS) is 2. The van der Waals surface area contributed by atoms with Crippen molar-refractivity contribution in [3.8, 4) is 0 Å². The third kappa shape index (κ3) is 19.1. The van der Waals surface area contributed by atoms with Crippen LogP contribution in [-0.4, -0.2) is 84.3 Å². The molecule has 0 saturated heterocycles. The predicted octanol–water partition coefficient (Wildman–Crippen LogP) is 7.70. The topological polar surface area (TPSA) is 185 Å². The normalized spacial score (nSPS) is 25.7. The number of unbranched alkanes of at least 4 members (excludes halogenated alkanes) is 2. The molecule has 2 aromatic carbocycles. The lowest BCUT2D eigenvalue weighted by Crippen LogP contribution is -2.23. The molecule has 0 heterocycles. The van der Waals surface area contributed by atoms with Gasteiger partial charge in [0.2, 0.25) is 0 Å². The van der Waals surface area contributed by atoms with E-state index in [0.717, 1.165) is 38.5 Å². The molecule has 0 aromatic heterocycles. The predicted molar refractivity (Wildman–Crippen MR) is 228 cm³/mol. The average Bonchev–Trinajstić information content (AvgIpc) is 3.63. The molecule has 0 bridgehead atoms. The zero-order valence-electron chi connectivity index (χ0n) is 33.5. The van der Waals surface area contributed by atoms with E-state index in [-0.39, 0.29) is 44.0 Å². The first-order valence-electron chi connectivity index (χ1n) is 21.1. The molecule has 11 heteroatoms. The van der Waals surface area contributed by atoms with Gasteiger partial charge in [0.1, 0.15) is 0 Å². The maximum absolute atomic E-state index is 10.5. The Labute approximate surface area is 343 Å². The van der Waals surface area contributed by atoms with Crippen LogP contribution < -0.4 is 0 Å². The number of rotatable bonds is 25. The van der Waals surface area contributed by atoms with E-state index >= 15 is 0 Å². The Bertz CT molecular complexity index is 1450. The number of aliphatic hydroxyl groups excluding tert-OH is 5. The molecule has 2 aliphatic carbocycles. The van der Waals surface area contributed by atoms with E-state index in [9.17, 15) is 35.1 Å². The smallest absolute Gasteiger partial charge is 0.303 e. The molecule has 0 amide bonds. The summed E-state index contributed by atoms with van der Waals surface area (Å²) in [6.07, 6.45) is 17.3. The van der Waals surface area contributed by atoms with Crippen molar-refractivity contribution in [3.63, 3.8) is 0 Å². The van der Waals surface area contributed by atoms with Crippen LogP contribution >= 0.6 is 9.47 Å². The number of aliphatic carboxylic acids is 2. The summed E-state index contributed by atoms with van der Waals surface area (Å²) in [7, 11) is 2.37. The molecule has 0 radical (unpaired) electrons. The number of aliphatic hydroxyl groups is 5. The zero-order chi connectivity index (χ0) is 41.4. The molecule has 10 nitrogen and oxygen atoms in total. The Kier molecular flexibility index (Phi) is 23.5. The highest BCUT2D eigenvalue weighted by atomic mass is 31.0. The fourth-order valence-electron chi connectivity index (χ4n) is 8.43. The molecular formula is C46H71O10P. The maximum Gasteiger partial charge on any atom is 0.303 e. The van der Waals surface area contributed by atoms with Crippen LogP contribution in [0.4, 0.5) is 0 Å². The van der Waals surface area contributed by atoms with Gasteiger partial charge < -0.3 is 40.3 Å². The number of carbonyl (C=O) groups is 2. The molecule has 1 unspecified atom stereocenters. The van der Waals surface area contributed by atoms with Gasteiger partial charge in [0.15, 0.2) is 0 Å². The van der Waals surface area contributed by atoms with Gasteiger partial charge in [-0.05, 0) is 138 Å². The van der Waals surface area contributed by atoms with Gasteiger partial charge in [-0.15, -0.1) is 0 Å². The molecule has 0 spiro atoms. The van der Waals surface area contributed by atoms with Gasteiger partial charge in [0.25, 0.3) is 0 Å². The van der Waals surface area contributed by atoms with Crippen molar-refractivity contribution in [2.45, 2.75) is 152 Å². The number of carboxylic acids is 2. The largest absolute Gasteiger partial charge is 0.481 e. The van der Waals surface area contributed by atoms with Gasteiger partial charge >= 0.3 is 11.9 Å². The summed E-state index contributed by atoms with van der Waals surface area (Å²) in [5, 5.41) is 69.0. The molecule has 11 atom stereocenters. The minimum Gasteiger partial charge on any atom is -0.481 e. The van der Waals surface area contributed by atoms with Crippen molar-refractivity contribution in [2.24, 2.45) is 23.7 Å². The molecule has 7 N–H and O–H groups in total. The zero-order valence-corrected chi connectivity index (χ0v) is 34.7. The third-order valence-electron chi connectivity index (χ3n) is 11.8. The summed E-state index contributed by atoms with van der Waals surface area (Å²) in [5.41, 5.74) is 2.51. The van der Waals surface area contributed by atoms with Crippen LogP contribution in [0.5, 0.6) is 0 Å². The van der Waals surface area contributed by atoms with E-state index in [1.165, 1.54) is 11.1 Å². The monoisotopic (exact) mass is 816 g/mol. The number of hydrogen-bond acceptors (Lipinski definition) is 8. The molecule has 2 saturated carbocycles. The van der Waals surface area contributed by atoms with Crippen molar-refractivity contribution in [2.75, 3.05) is 0 Å². The molecule has 320 valence electrons. The molecule has 4 rings (SSSR count).